The van der Waals surface area contributed by atoms with Crippen LogP contribution in [0.1, 0.15) is 39.9 Å². The van der Waals surface area contributed by atoms with Gasteiger partial charge in [0, 0.05) is 11.3 Å². The summed E-state index contributed by atoms with van der Waals surface area (Å²) in [6.07, 6.45) is 3.22. The van der Waals surface area contributed by atoms with Crippen LogP contribution in [0.25, 0.3) is 0 Å². The molecule has 2 aromatic rings. The summed E-state index contributed by atoms with van der Waals surface area (Å²) >= 11 is 1.83. The highest BCUT2D eigenvalue weighted by atomic mass is 32.1. The molecule has 1 N–H and O–H groups in total. The topological polar surface area (TPSA) is 24.9 Å². The molecule has 0 aliphatic carbocycles. The summed E-state index contributed by atoms with van der Waals surface area (Å²) < 4.78 is 12.9. The Kier molecular flexibility index (Phi) is 4.13. The average molecular weight is 290 g/mol. The first-order valence-electron chi connectivity index (χ1n) is 7.14. The number of halogens is 1. The lowest BCUT2D eigenvalue weighted by atomic mass is 9.96. The molecule has 1 saturated heterocycles. The van der Waals surface area contributed by atoms with E-state index in [9.17, 15) is 4.39 Å². The highest BCUT2D eigenvalue weighted by Crippen LogP contribution is 2.33. The van der Waals surface area contributed by atoms with Crippen molar-refractivity contribution in [3.63, 3.8) is 0 Å². The molecule has 1 aliphatic rings. The van der Waals surface area contributed by atoms with Crippen molar-refractivity contribution in [3.05, 3.63) is 51.2 Å². The molecule has 1 fully saturated rings. The molecule has 1 aliphatic heterocycles. The van der Waals surface area contributed by atoms with E-state index in [0.717, 1.165) is 30.1 Å². The van der Waals surface area contributed by atoms with Crippen molar-refractivity contribution in [2.75, 3.05) is 13.1 Å². The maximum atomic E-state index is 12.9. The van der Waals surface area contributed by atoms with Crippen LogP contribution in [-0.4, -0.2) is 18.1 Å². The molecule has 0 radical (unpaired) electrons. The number of thiazole rings is 1. The summed E-state index contributed by atoms with van der Waals surface area (Å²) in [6.45, 7) is 4.33. The van der Waals surface area contributed by atoms with Gasteiger partial charge in [0.15, 0.2) is 0 Å². The van der Waals surface area contributed by atoms with Crippen molar-refractivity contribution in [2.24, 2.45) is 0 Å². The van der Waals surface area contributed by atoms with E-state index in [1.807, 2.05) is 23.5 Å². The number of aromatic nitrogens is 1. The molecule has 0 unspecified atom stereocenters. The molecule has 0 spiro atoms. The summed E-state index contributed by atoms with van der Waals surface area (Å²) in [5.41, 5.74) is 2.30. The zero-order chi connectivity index (χ0) is 13.9. The van der Waals surface area contributed by atoms with Crippen LogP contribution in [0.2, 0.25) is 0 Å². The molecule has 3 rings (SSSR count). The van der Waals surface area contributed by atoms with Crippen molar-refractivity contribution >= 4 is 11.3 Å². The summed E-state index contributed by atoms with van der Waals surface area (Å²) in [6, 6.07) is 6.72. The first kappa shape index (κ1) is 13.7. The van der Waals surface area contributed by atoms with Crippen molar-refractivity contribution in [1.29, 1.82) is 0 Å². The van der Waals surface area contributed by atoms with E-state index in [1.165, 1.54) is 35.5 Å². The number of nitrogens with zero attached hydrogens (tertiary/aromatic N) is 1. The molecule has 0 atom stereocenters. The molecular formula is C16H19FN2S. The molecule has 0 bridgehead atoms. The maximum absolute atomic E-state index is 12.9. The molecule has 1 aromatic carbocycles. The number of piperidine rings is 1. The molecule has 20 heavy (non-hydrogen) atoms. The molecule has 4 heteroatoms. The van der Waals surface area contributed by atoms with E-state index in [4.69, 9.17) is 4.98 Å². The van der Waals surface area contributed by atoms with E-state index < -0.39 is 0 Å². The second kappa shape index (κ2) is 6.02. The Hall–Kier alpha value is -1.26. The van der Waals surface area contributed by atoms with Crippen LogP contribution in [0, 0.1) is 12.7 Å². The van der Waals surface area contributed by atoms with Gasteiger partial charge in [-0.25, -0.2) is 9.37 Å². The second-order valence-electron chi connectivity index (χ2n) is 5.38. The van der Waals surface area contributed by atoms with Crippen molar-refractivity contribution in [1.82, 2.24) is 10.3 Å². The van der Waals surface area contributed by atoms with Crippen LogP contribution in [0.4, 0.5) is 4.39 Å². The molecule has 0 saturated carbocycles. The van der Waals surface area contributed by atoms with Crippen molar-refractivity contribution in [2.45, 2.75) is 32.1 Å². The molecule has 106 valence electrons. The second-order valence-corrected chi connectivity index (χ2v) is 6.50. The van der Waals surface area contributed by atoms with Crippen LogP contribution >= 0.6 is 11.3 Å². The molecule has 0 amide bonds. The van der Waals surface area contributed by atoms with Gasteiger partial charge in [0.05, 0.1) is 10.7 Å². The third-order valence-corrected chi connectivity index (χ3v) is 5.18. The zero-order valence-electron chi connectivity index (χ0n) is 11.7. The molecule has 2 heterocycles. The van der Waals surface area contributed by atoms with Crippen LogP contribution in [0.15, 0.2) is 24.3 Å². The number of aryl methyl sites for hydroxylation is 1. The van der Waals surface area contributed by atoms with E-state index in [2.05, 4.69) is 12.2 Å². The minimum Gasteiger partial charge on any atom is -0.317 e. The van der Waals surface area contributed by atoms with Gasteiger partial charge in [-0.05, 0) is 56.5 Å². The lowest BCUT2D eigenvalue weighted by molar-refractivity contribution is 0.463. The van der Waals surface area contributed by atoms with Gasteiger partial charge in [-0.2, -0.15) is 0 Å². The van der Waals surface area contributed by atoms with Crippen LogP contribution < -0.4 is 5.32 Å². The Morgan fingerprint density at radius 1 is 1.25 bits per heavy atom. The predicted molar refractivity (Wildman–Crippen MR) is 80.9 cm³/mol. The predicted octanol–water partition coefficient (Wildman–Crippen LogP) is 3.65. The van der Waals surface area contributed by atoms with Gasteiger partial charge in [0.25, 0.3) is 0 Å². The Balaban J connectivity index is 1.76. The van der Waals surface area contributed by atoms with Crippen molar-refractivity contribution in [3.8, 4) is 0 Å². The summed E-state index contributed by atoms with van der Waals surface area (Å²) in [7, 11) is 0. The van der Waals surface area contributed by atoms with Gasteiger partial charge in [0.2, 0.25) is 0 Å². The monoisotopic (exact) mass is 290 g/mol. The standard InChI is InChI=1S/C16H19FN2S/c1-11-16(13-6-8-18-9-7-13)20-15(19-11)10-12-2-4-14(17)5-3-12/h2-5,13,18H,6-10H2,1H3. The number of hydrogen-bond acceptors (Lipinski definition) is 3. The van der Waals surface area contributed by atoms with Gasteiger partial charge in [0.1, 0.15) is 5.82 Å². The Labute approximate surface area is 123 Å². The minimum absolute atomic E-state index is 0.181. The fourth-order valence-electron chi connectivity index (χ4n) is 2.78. The summed E-state index contributed by atoms with van der Waals surface area (Å²) in [5, 5.41) is 4.55. The van der Waals surface area contributed by atoms with E-state index >= 15 is 0 Å². The molecule has 1 aromatic heterocycles. The average Bonchev–Trinajstić information content (AvgIpc) is 2.83. The SMILES string of the molecule is Cc1nc(Cc2ccc(F)cc2)sc1C1CCNCC1. The Morgan fingerprint density at radius 3 is 2.65 bits per heavy atom. The van der Waals surface area contributed by atoms with Crippen LogP contribution in [-0.2, 0) is 6.42 Å². The lowest BCUT2D eigenvalue weighted by Crippen LogP contribution is -2.26. The first-order chi connectivity index (χ1) is 9.72. The summed E-state index contributed by atoms with van der Waals surface area (Å²) in [4.78, 5) is 6.16. The molecule has 2 nitrogen and oxygen atoms in total. The third-order valence-electron chi connectivity index (χ3n) is 3.86. The van der Waals surface area contributed by atoms with Gasteiger partial charge < -0.3 is 5.32 Å². The largest absolute Gasteiger partial charge is 0.317 e. The van der Waals surface area contributed by atoms with Crippen molar-refractivity contribution < 1.29 is 4.39 Å². The lowest BCUT2D eigenvalue weighted by Gasteiger charge is -2.21. The maximum Gasteiger partial charge on any atom is 0.123 e. The number of hydrogen-bond donors (Lipinski definition) is 1. The number of nitrogens with one attached hydrogen (secondary N) is 1. The first-order valence-corrected chi connectivity index (χ1v) is 7.95. The fourth-order valence-corrected chi connectivity index (χ4v) is 4.05. The van der Waals surface area contributed by atoms with Gasteiger partial charge >= 0.3 is 0 Å². The summed E-state index contributed by atoms with van der Waals surface area (Å²) in [5.74, 6) is 0.482. The quantitative estimate of drug-likeness (QED) is 0.933. The van der Waals surface area contributed by atoms with Gasteiger partial charge in [-0.1, -0.05) is 12.1 Å². The highest BCUT2D eigenvalue weighted by Gasteiger charge is 2.20. The van der Waals surface area contributed by atoms with Gasteiger partial charge in [-0.3, -0.25) is 0 Å². The Bertz CT molecular complexity index is 571. The highest BCUT2D eigenvalue weighted by molar-refractivity contribution is 7.11. The van der Waals surface area contributed by atoms with E-state index in [-0.39, 0.29) is 5.82 Å². The Morgan fingerprint density at radius 2 is 1.95 bits per heavy atom. The van der Waals surface area contributed by atoms with Gasteiger partial charge in [-0.15, -0.1) is 11.3 Å². The zero-order valence-corrected chi connectivity index (χ0v) is 12.5. The van der Waals surface area contributed by atoms with Crippen LogP contribution in [0.3, 0.4) is 0 Å². The fraction of sp³-hybridized carbons (Fsp3) is 0.438. The number of rotatable bonds is 3. The third kappa shape index (κ3) is 3.07. The normalized spacial score (nSPS) is 16.5. The minimum atomic E-state index is -0.181. The molecular weight excluding hydrogens is 271 g/mol. The van der Waals surface area contributed by atoms with E-state index in [0.29, 0.717) is 5.92 Å². The smallest absolute Gasteiger partial charge is 0.123 e. The van der Waals surface area contributed by atoms with E-state index in [1.54, 1.807) is 0 Å². The van der Waals surface area contributed by atoms with Crippen LogP contribution in [0.5, 0.6) is 0 Å². The number of benzene rings is 1.